The van der Waals surface area contributed by atoms with Crippen molar-refractivity contribution in [2.75, 3.05) is 44.2 Å². The molecule has 8 nitrogen and oxygen atoms in total. The summed E-state index contributed by atoms with van der Waals surface area (Å²) in [5.41, 5.74) is 8.11. The van der Waals surface area contributed by atoms with E-state index in [4.69, 9.17) is 17.3 Å². The summed E-state index contributed by atoms with van der Waals surface area (Å²) in [5.74, 6) is 0.534. The van der Waals surface area contributed by atoms with Crippen molar-refractivity contribution in [2.24, 2.45) is 5.73 Å². The quantitative estimate of drug-likeness (QED) is 0.708. The van der Waals surface area contributed by atoms with Gasteiger partial charge in [-0.2, -0.15) is 0 Å². The Kier molecular flexibility index (Phi) is 6.78. The number of carbonyl (C=O) groups is 1. The maximum Gasteiger partial charge on any atom is 0.320 e. The van der Waals surface area contributed by atoms with Crippen molar-refractivity contribution in [2.45, 2.75) is 31.9 Å². The molecule has 1 aliphatic heterocycles. The van der Waals surface area contributed by atoms with E-state index < -0.39 is 11.9 Å². The second-order valence-electron chi connectivity index (χ2n) is 8.36. The second-order valence-corrected chi connectivity index (χ2v) is 8.77. The highest BCUT2D eigenvalue weighted by Crippen LogP contribution is 2.42. The van der Waals surface area contributed by atoms with E-state index in [1.807, 2.05) is 0 Å². The highest BCUT2D eigenvalue weighted by atomic mass is 35.5. The molecule has 1 saturated heterocycles. The van der Waals surface area contributed by atoms with E-state index in [-0.39, 0.29) is 23.5 Å². The number of urea groups is 1. The first-order valence-corrected chi connectivity index (χ1v) is 11.2. The van der Waals surface area contributed by atoms with Gasteiger partial charge in [-0.15, -0.1) is 0 Å². The van der Waals surface area contributed by atoms with E-state index >= 15 is 0 Å². The zero-order valence-corrected chi connectivity index (χ0v) is 18.8. The van der Waals surface area contributed by atoms with E-state index in [1.165, 1.54) is 18.5 Å². The SMILES string of the molecule is C[C@@H]1C[C@@H](O)c2ncnc(N3CCN(C(=O)N(CCN)Cc4ccc(Cl)c(F)c4)CC3)c21. The molecule has 32 heavy (non-hydrogen) atoms. The summed E-state index contributed by atoms with van der Waals surface area (Å²) in [5, 5.41) is 10.3. The van der Waals surface area contributed by atoms with Gasteiger partial charge in [0, 0.05) is 51.4 Å². The fourth-order valence-corrected chi connectivity index (χ4v) is 4.64. The van der Waals surface area contributed by atoms with Gasteiger partial charge in [0.2, 0.25) is 0 Å². The topological polar surface area (TPSA) is 98.8 Å². The second kappa shape index (κ2) is 9.56. The molecule has 172 valence electrons. The van der Waals surface area contributed by atoms with Crippen molar-refractivity contribution >= 4 is 23.4 Å². The van der Waals surface area contributed by atoms with Crippen molar-refractivity contribution in [3.63, 3.8) is 0 Å². The number of benzene rings is 1. The molecule has 0 bridgehead atoms. The Hall–Kier alpha value is -2.49. The zero-order chi connectivity index (χ0) is 22.8. The van der Waals surface area contributed by atoms with Gasteiger partial charge in [-0.25, -0.2) is 19.2 Å². The van der Waals surface area contributed by atoms with Crippen LogP contribution in [-0.2, 0) is 6.54 Å². The number of carbonyl (C=O) groups excluding carboxylic acids is 1. The summed E-state index contributed by atoms with van der Waals surface area (Å²) in [7, 11) is 0. The highest BCUT2D eigenvalue weighted by Gasteiger charge is 2.34. The number of piperazine rings is 1. The third-order valence-corrected chi connectivity index (χ3v) is 6.46. The molecule has 0 radical (unpaired) electrons. The standard InChI is InChI=1S/C22H28ClFN6O2/c1-14-10-18(31)20-19(14)21(27-13-26-20)28-6-8-29(9-7-28)22(32)30(5-4-25)12-15-2-3-16(23)17(24)11-15/h2-3,11,13-14,18,31H,4-10,12,25H2,1H3/t14-,18-/m1/s1. The Balaban J connectivity index is 1.43. The third kappa shape index (κ3) is 4.51. The lowest BCUT2D eigenvalue weighted by atomic mass is 10.1. The first kappa shape index (κ1) is 22.7. The van der Waals surface area contributed by atoms with Crippen molar-refractivity contribution in [1.82, 2.24) is 19.8 Å². The van der Waals surface area contributed by atoms with Gasteiger partial charge < -0.3 is 25.5 Å². The molecule has 1 aromatic heterocycles. The van der Waals surface area contributed by atoms with Gasteiger partial charge in [-0.1, -0.05) is 24.6 Å². The Morgan fingerprint density at radius 3 is 2.75 bits per heavy atom. The molecular formula is C22H28ClFN6O2. The lowest BCUT2D eigenvalue weighted by molar-refractivity contribution is 0.148. The molecule has 0 spiro atoms. The largest absolute Gasteiger partial charge is 0.387 e. The molecule has 0 saturated carbocycles. The molecule has 4 rings (SSSR count). The Bertz CT molecular complexity index is 985. The van der Waals surface area contributed by atoms with E-state index in [2.05, 4.69) is 21.8 Å². The number of rotatable bonds is 5. The molecule has 10 heteroatoms. The minimum atomic E-state index is -0.549. The van der Waals surface area contributed by atoms with Gasteiger partial charge in [-0.05, 0) is 30.0 Å². The van der Waals surface area contributed by atoms with E-state index in [1.54, 1.807) is 15.9 Å². The van der Waals surface area contributed by atoms with Crippen LogP contribution in [0.1, 0.15) is 42.2 Å². The van der Waals surface area contributed by atoms with Crippen LogP contribution in [-0.4, -0.2) is 70.2 Å². The predicted octanol–water partition coefficient (Wildman–Crippen LogP) is 2.51. The third-order valence-electron chi connectivity index (χ3n) is 6.16. The molecular weight excluding hydrogens is 435 g/mol. The molecule has 1 aromatic carbocycles. The smallest absolute Gasteiger partial charge is 0.320 e. The number of nitrogens with two attached hydrogens (primary N) is 1. The Morgan fingerprint density at radius 1 is 1.31 bits per heavy atom. The minimum absolute atomic E-state index is 0.0552. The summed E-state index contributed by atoms with van der Waals surface area (Å²) in [4.78, 5) is 27.5. The van der Waals surface area contributed by atoms with Crippen LogP contribution in [0, 0.1) is 5.82 Å². The molecule has 2 heterocycles. The normalized spacial score (nSPS) is 20.4. The fraction of sp³-hybridized carbons (Fsp3) is 0.500. The summed E-state index contributed by atoms with van der Waals surface area (Å²) < 4.78 is 13.8. The highest BCUT2D eigenvalue weighted by molar-refractivity contribution is 6.30. The fourth-order valence-electron chi connectivity index (χ4n) is 4.52. The van der Waals surface area contributed by atoms with Crippen LogP contribution in [0.25, 0.3) is 0 Å². The van der Waals surface area contributed by atoms with Gasteiger partial charge in [-0.3, -0.25) is 0 Å². The van der Waals surface area contributed by atoms with E-state index in [9.17, 15) is 14.3 Å². The van der Waals surface area contributed by atoms with E-state index in [0.29, 0.717) is 56.9 Å². The number of aromatic nitrogens is 2. The van der Waals surface area contributed by atoms with Crippen LogP contribution in [0.2, 0.25) is 5.02 Å². The van der Waals surface area contributed by atoms with Gasteiger partial charge in [0.1, 0.15) is 18.0 Å². The van der Waals surface area contributed by atoms with Gasteiger partial charge in [0.05, 0.1) is 16.8 Å². The average Bonchev–Trinajstić information content (AvgIpc) is 3.09. The maximum atomic E-state index is 13.8. The van der Waals surface area contributed by atoms with Crippen LogP contribution >= 0.6 is 11.6 Å². The predicted molar refractivity (Wildman–Crippen MR) is 120 cm³/mol. The van der Waals surface area contributed by atoms with Crippen LogP contribution in [0.5, 0.6) is 0 Å². The molecule has 3 N–H and O–H groups in total. The lowest BCUT2D eigenvalue weighted by Gasteiger charge is -2.38. The molecule has 2 amide bonds. The number of nitrogens with zero attached hydrogens (tertiary/aromatic N) is 5. The number of aliphatic hydroxyl groups excluding tert-OH is 1. The summed E-state index contributed by atoms with van der Waals surface area (Å²) >= 11 is 5.77. The number of halogens is 2. The number of fused-ring (bicyclic) bond motifs is 1. The average molecular weight is 463 g/mol. The number of hydrogen-bond acceptors (Lipinski definition) is 6. The molecule has 2 aromatic rings. The molecule has 1 fully saturated rings. The summed E-state index contributed by atoms with van der Waals surface area (Å²) in [6, 6.07) is 4.43. The number of anilines is 1. The van der Waals surface area contributed by atoms with Crippen molar-refractivity contribution in [1.29, 1.82) is 0 Å². The maximum absolute atomic E-state index is 13.8. The van der Waals surface area contributed by atoms with Gasteiger partial charge in [0.15, 0.2) is 0 Å². The minimum Gasteiger partial charge on any atom is -0.387 e. The van der Waals surface area contributed by atoms with Gasteiger partial charge in [0.25, 0.3) is 0 Å². The van der Waals surface area contributed by atoms with Crippen molar-refractivity contribution in [3.05, 3.63) is 52.2 Å². The summed E-state index contributed by atoms with van der Waals surface area (Å²) in [6.45, 7) is 5.35. The Labute approximate surface area is 191 Å². The van der Waals surface area contributed by atoms with Crippen LogP contribution in [0.15, 0.2) is 24.5 Å². The number of aliphatic hydroxyl groups is 1. The monoisotopic (exact) mass is 462 g/mol. The van der Waals surface area contributed by atoms with E-state index in [0.717, 1.165) is 11.4 Å². The summed E-state index contributed by atoms with van der Waals surface area (Å²) in [6.07, 6.45) is 1.60. The number of hydrogen-bond donors (Lipinski definition) is 2. The lowest BCUT2D eigenvalue weighted by Crippen LogP contribution is -2.53. The molecule has 2 atom stereocenters. The van der Waals surface area contributed by atoms with Gasteiger partial charge >= 0.3 is 6.03 Å². The van der Waals surface area contributed by atoms with Crippen molar-refractivity contribution in [3.8, 4) is 0 Å². The van der Waals surface area contributed by atoms with Crippen molar-refractivity contribution < 1.29 is 14.3 Å². The van der Waals surface area contributed by atoms with Crippen LogP contribution in [0.4, 0.5) is 15.0 Å². The molecule has 2 aliphatic rings. The first-order valence-electron chi connectivity index (χ1n) is 10.8. The van der Waals surface area contributed by atoms with Crippen LogP contribution in [0.3, 0.4) is 0 Å². The zero-order valence-electron chi connectivity index (χ0n) is 18.0. The Morgan fingerprint density at radius 2 is 2.06 bits per heavy atom. The number of amides is 2. The first-order chi connectivity index (χ1) is 15.4. The molecule has 1 aliphatic carbocycles. The molecule has 0 unspecified atom stereocenters. The van der Waals surface area contributed by atoms with Crippen LogP contribution < -0.4 is 10.6 Å².